The Labute approximate surface area is 76.3 Å². The van der Waals surface area contributed by atoms with Gasteiger partial charge in [0.1, 0.15) is 0 Å². The Balaban J connectivity index is 2.21. The van der Waals surface area contributed by atoms with Crippen LogP contribution in [0.15, 0.2) is 0 Å². The van der Waals surface area contributed by atoms with Gasteiger partial charge in [0.15, 0.2) is 0 Å². The Kier molecular flexibility index (Phi) is 3.53. The zero-order valence-electron chi connectivity index (χ0n) is 8.69. The number of nitrogens with zero attached hydrogens (tertiary/aromatic N) is 1. The Morgan fingerprint density at radius 3 is 2.75 bits per heavy atom. The molecule has 0 amide bonds. The maximum atomic E-state index is 3.51. The molecule has 1 aliphatic heterocycles. The van der Waals surface area contributed by atoms with Crippen LogP contribution in [0.1, 0.15) is 26.7 Å². The molecule has 0 aromatic heterocycles. The molecule has 1 atom stereocenters. The Morgan fingerprint density at radius 2 is 2.25 bits per heavy atom. The van der Waals surface area contributed by atoms with Gasteiger partial charge in [-0.3, -0.25) is 0 Å². The molecule has 72 valence electrons. The number of likely N-dealkylation sites (tertiary alicyclic amines) is 1. The molecule has 1 N–H and O–H groups in total. The molecule has 1 saturated heterocycles. The molecule has 1 rings (SSSR count). The highest BCUT2D eigenvalue weighted by molar-refractivity contribution is 4.86. The second kappa shape index (κ2) is 4.24. The van der Waals surface area contributed by atoms with E-state index in [1.54, 1.807) is 0 Å². The van der Waals surface area contributed by atoms with E-state index in [4.69, 9.17) is 0 Å². The van der Waals surface area contributed by atoms with Gasteiger partial charge in [-0.15, -0.1) is 0 Å². The first kappa shape index (κ1) is 10.0. The number of nitrogens with one attached hydrogen (secondary N) is 1. The van der Waals surface area contributed by atoms with Crippen LogP contribution >= 0.6 is 0 Å². The lowest BCUT2D eigenvalue weighted by Crippen LogP contribution is -2.34. The van der Waals surface area contributed by atoms with E-state index >= 15 is 0 Å². The fraction of sp³-hybridized carbons (Fsp3) is 1.00. The van der Waals surface area contributed by atoms with E-state index < -0.39 is 0 Å². The molecule has 12 heavy (non-hydrogen) atoms. The Hall–Kier alpha value is -0.0800. The fourth-order valence-electron chi connectivity index (χ4n) is 1.98. The molecule has 0 bridgehead atoms. The molecule has 0 aromatic rings. The SMILES string of the molecule is CCCNCC1(C)CCN(C)C1. The normalized spacial score (nSPS) is 31.2. The molecule has 1 heterocycles. The number of rotatable bonds is 4. The summed E-state index contributed by atoms with van der Waals surface area (Å²) in [6.45, 7) is 9.48. The summed E-state index contributed by atoms with van der Waals surface area (Å²) in [5.74, 6) is 0. The van der Waals surface area contributed by atoms with Crippen molar-refractivity contribution in [3.8, 4) is 0 Å². The van der Waals surface area contributed by atoms with Crippen LogP contribution in [0, 0.1) is 5.41 Å². The van der Waals surface area contributed by atoms with E-state index in [2.05, 4.69) is 31.1 Å². The van der Waals surface area contributed by atoms with Crippen molar-refractivity contribution in [2.24, 2.45) is 5.41 Å². The van der Waals surface area contributed by atoms with E-state index in [0.29, 0.717) is 5.41 Å². The zero-order chi connectivity index (χ0) is 9.03. The predicted octanol–water partition coefficient (Wildman–Crippen LogP) is 1.33. The van der Waals surface area contributed by atoms with Crippen molar-refractivity contribution in [3.05, 3.63) is 0 Å². The molecule has 0 saturated carbocycles. The molecule has 0 radical (unpaired) electrons. The van der Waals surface area contributed by atoms with Crippen molar-refractivity contribution in [3.63, 3.8) is 0 Å². The summed E-state index contributed by atoms with van der Waals surface area (Å²) in [7, 11) is 2.21. The maximum Gasteiger partial charge on any atom is 0.00449 e. The summed E-state index contributed by atoms with van der Waals surface area (Å²) in [5.41, 5.74) is 0.532. The minimum atomic E-state index is 0.532. The molecule has 2 nitrogen and oxygen atoms in total. The predicted molar refractivity (Wildman–Crippen MR) is 53.4 cm³/mol. The van der Waals surface area contributed by atoms with Crippen LogP contribution in [0.4, 0.5) is 0 Å². The first-order chi connectivity index (χ1) is 5.66. The standard InChI is InChI=1S/C10H22N2/c1-4-6-11-8-10(2)5-7-12(3)9-10/h11H,4-9H2,1-3H3. The number of hydrogen-bond acceptors (Lipinski definition) is 2. The summed E-state index contributed by atoms with van der Waals surface area (Å²) in [6, 6.07) is 0. The zero-order valence-corrected chi connectivity index (χ0v) is 8.69. The van der Waals surface area contributed by atoms with E-state index in [9.17, 15) is 0 Å². The quantitative estimate of drug-likeness (QED) is 0.640. The van der Waals surface area contributed by atoms with Gasteiger partial charge in [0.2, 0.25) is 0 Å². The van der Waals surface area contributed by atoms with Gasteiger partial charge in [-0.1, -0.05) is 13.8 Å². The highest BCUT2D eigenvalue weighted by atomic mass is 15.1. The third kappa shape index (κ3) is 2.76. The van der Waals surface area contributed by atoms with Crippen LogP contribution in [0.3, 0.4) is 0 Å². The minimum Gasteiger partial charge on any atom is -0.316 e. The van der Waals surface area contributed by atoms with Crippen LogP contribution in [-0.2, 0) is 0 Å². The van der Waals surface area contributed by atoms with Crippen molar-refractivity contribution in [1.29, 1.82) is 0 Å². The topological polar surface area (TPSA) is 15.3 Å². The van der Waals surface area contributed by atoms with E-state index in [1.807, 2.05) is 0 Å². The Morgan fingerprint density at radius 1 is 1.50 bits per heavy atom. The van der Waals surface area contributed by atoms with Gasteiger partial charge in [-0.2, -0.15) is 0 Å². The molecule has 1 aliphatic rings. The molecule has 0 spiro atoms. The van der Waals surface area contributed by atoms with Crippen LogP contribution in [0.5, 0.6) is 0 Å². The first-order valence-electron chi connectivity index (χ1n) is 5.05. The van der Waals surface area contributed by atoms with E-state index in [1.165, 1.54) is 39.0 Å². The van der Waals surface area contributed by atoms with Gasteiger partial charge in [-0.25, -0.2) is 0 Å². The van der Waals surface area contributed by atoms with Gasteiger partial charge in [0.05, 0.1) is 0 Å². The monoisotopic (exact) mass is 170 g/mol. The van der Waals surface area contributed by atoms with Crippen molar-refractivity contribution in [2.45, 2.75) is 26.7 Å². The highest BCUT2D eigenvalue weighted by Crippen LogP contribution is 2.27. The lowest BCUT2D eigenvalue weighted by atomic mass is 9.90. The molecular formula is C10H22N2. The van der Waals surface area contributed by atoms with Gasteiger partial charge >= 0.3 is 0 Å². The molecule has 0 aromatic carbocycles. The van der Waals surface area contributed by atoms with Crippen LogP contribution in [0.25, 0.3) is 0 Å². The summed E-state index contributed by atoms with van der Waals surface area (Å²) >= 11 is 0. The highest BCUT2D eigenvalue weighted by Gasteiger charge is 2.31. The van der Waals surface area contributed by atoms with Crippen LogP contribution in [0.2, 0.25) is 0 Å². The third-order valence-electron chi connectivity index (χ3n) is 2.73. The summed E-state index contributed by atoms with van der Waals surface area (Å²) in [5, 5.41) is 3.51. The van der Waals surface area contributed by atoms with E-state index in [-0.39, 0.29) is 0 Å². The molecule has 0 aliphatic carbocycles. The van der Waals surface area contributed by atoms with Crippen molar-refractivity contribution < 1.29 is 0 Å². The second-order valence-electron chi connectivity index (χ2n) is 4.48. The van der Waals surface area contributed by atoms with Crippen molar-refractivity contribution >= 4 is 0 Å². The molecular weight excluding hydrogens is 148 g/mol. The lowest BCUT2D eigenvalue weighted by Gasteiger charge is -2.23. The van der Waals surface area contributed by atoms with Gasteiger partial charge in [0, 0.05) is 13.1 Å². The fourth-order valence-corrected chi connectivity index (χ4v) is 1.98. The summed E-state index contributed by atoms with van der Waals surface area (Å²) in [6.07, 6.45) is 2.59. The maximum absolute atomic E-state index is 3.51. The summed E-state index contributed by atoms with van der Waals surface area (Å²) in [4.78, 5) is 2.42. The smallest absolute Gasteiger partial charge is 0.00449 e. The average molecular weight is 170 g/mol. The molecule has 1 fully saturated rings. The molecule has 1 unspecified atom stereocenters. The largest absolute Gasteiger partial charge is 0.316 e. The Bertz CT molecular complexity index is 136. The third-order valence-corrected chi connectivity index (χ3v) is 2.73. The first-order valence-corrected chi connectivity index (χ1v) is 5.05. The van der Waals surface area contributed by atoms with Gasteiger partial charge in [0.25, 0.3) is 0 Å². The minimum absolute atomic E-state index is 0.532. The van der Waals surface area contributed by atoms with E-state index in [0.717, 1.165) is 0 Å². The average Bonchev–Trinajstić information content (AvgIpc) is 2.32. The van der Waals surface area contributed by atoms with Gasteiger partial charge < -0.3 is 10.2 Å². The lowest BCUT2D eigenvalue weighted by molar-refractivity contribution is 0.296. The van der Waals surface area contributed by atoms with Crippen molar-refractivity contribution in [2.75, 3.05) is 33.2 Å². The van der Waals surface area contributed by atoms with Crippen LogP contribution < -0.4 is 5.32 Å². The van der Waals surface area contributed by atoms with Crippen LogP contribution in [-0.4, -0.2) is 38.1 Å². The van der Waals surface area contributed by atoms with Gasteiger partial charge in [-0.05, 0) is 38.4 Å². The molecule has 2 heteroatoms. The van der Waals surface area contributed by atoms with Crippen molar-refractivity contribution in [1.82, 2.24) is 10.2 Å². The number of hydrogen-bond donors (Lipinski definition) is 1. The second-order valence-corrected chi connectivity index (χ2v) is 4.48. The summed E-state index contributed by atoms with van der Waals surface area (Å²) < 4.78 is 0.